The van der Waals surface area contributed by atoms with Crippen molar-refractivity contribution in [2.45, 2.75) is 30.4 Å². The Hall–Kier alpha value is -2.40. The van der Waals surface area contributed by atoms with Gasteiger partial charge in [-0.25, -0.2) is 8.42 Å². The fourth-order valence-electron chi connectivity index (χ4n) is 4.50. The quantitative estimate of drug-likeness (QED) is 0.662. The number of nitrogens with one attached hydrogen (secondary N) is 1. The van der Waals surface area contributed by atoms with E-state index in [1.54, 1.807) is 24.3 Å². The van der Waals surface area contributed by atoms with Crippen LogP contribution in [0.2, 0.25) is 0 Å². The van der Waals surface area contributed by atoms with Gasteiger partial charge in [0.15, 0.2) is 9.84 Å². The number of aryl methyl sites for hydroxylation is 1. The molecule has 0 unspecified atom stereocenters. The summed E-state index contributed by atoms with van der Waals surface area (Å²) in [5, 5.41) is 11.9. The number of hydrogen-bond acceptors (Lipinski definition) is 6. The molecule has 0 radical (unpaired) electrons. The van der Waals surface area contributed by atoms with Crippen molar-refractivity contribution in [3.05, 3.63) is 59.2 Å². The number of nitrogens with zero attached hydrogens (tertiary/aromatic N) is 2. The summed E-state index contributed by atoms with van der Waals surface area (Å²) in [6, 6.07) is 15.1. The molecule has 0 bridgehead atoms. The van der Waals surface area contributed by atoms with Crippen LogP contribution in [0.15, 0.2) is 47.4 Å². The van der Waals surface area contributed by atoms with Gasteiger partial charge in [-0.2, -0.15) is 5.26 Å². The van der Waals surface area contributed by atoms with Gasteiger partial charge in [-0.1, -0.05) is 13.0 Å². The topological polar surface area (TPSA) is 82.4 Å². The summed E-state index contributed by atoms with van der Waals surface area (Å²) in [5.41, 5.74) is 3.06. The number of sulfone groups is 1. The van der Waals surface area contributed by atoms with Crippen LogP contribution < -0.4 is 10.1 Å². The van der Waals surface area contributed by atoms with Crippen LogP contribution in [-0.2, 0) is 16.3 Å². The third-order valence-electron chi connectivity index (χ3n) is 6.63. The molecule has 2 saturated heterocycles. The summed E-state index contributed by atoms with van der Waals surface area (Å²) in [6.45, 7) is 8.97. The van der Waals surface area contributed by atoms with E-state index in [-0.39, 0.29) is 5.25 Å². The van der Waals surface area contributed by atoms with E-state index in [1.165, 1.54) is 5.56 Å². The predicted octanol–water partition coefficient (Wildman–Crippen LogP) is 2.80. The van der Waals surface area contributed by atoms with Crippen LogP contribution in [0.1, 0.15) is 23.6 Å². The summed E-state index contributed by atoms with van der Waals surface area (Å²) < 4.78 is 31.0. The highest BCUT2D eigenvalue weighted by Gasteiger charge is 2.32. The SMILES string of the molecule is Cc1cc(C#N)cc(CCN2C[C@@H](COc3ccc(S(=O)(=O)C4CNC4)cc3)[C@H](C)C2)c1. The molecule has 0 aliphatic carbocycles. The minimum absolute atomic E-state index is 0.314. The van der Waals surface area contributed by atoms with Crippen molar-refractivity contribution >= 4 is 9.84 Å². The van der Waals surface area contributed by atoms with Crippen molar-refractivity contribution in [3.8, 4) is 11.8 Å². The summed E-state index contributed by atoms with van der Waals surface area (Å²) in [5.74, 6) is 1.68. The van der Waals surface area contributed by atoms with Gasteiger partial charge >= 0.3 is 0 Å². The second-order valence-electron chi connectivity index (χ2n) is 9.17. The molecule has 1 N–H and O–H groups in total. The monoisotopic (exact) mass is 453 g/mol. The fraction of sp³-hybridized carbons (Fsp3) is 0.480. The van der Waals surface area contributed by atoms with Crippen LogP contribution in [0.25, 0.3) is 0 Å². The van der Waals surface area contributed by atoms with Gasteiger partial charge in [0.05, 0.1) is 28.4 Å². The normalized spacial score (nSPS) is 21.8. The molecule has 2 aliphatic rings. The van der Waals surface area contributed by atoms with E-state index in [0.717, 1.165) is 37.2 Å². The lowest BCUT2D eigenvalue weighted by molar-refractivity contribution is 0.225. The molecule has 6 nitrogen and oxygen atoms in total. The van der Waals surface area contributed by atoms with Crippen molar-refractivity contribution < 1.29 is 13.2 Å². The summed E-state index contributed by atoms with van der Waals surface area (Å²) >= 11 is 0. The molecular formula is C25H31N3O3S. The zero-order valence-electron chi connectivity index (χ0n) is 18.8. The Morgan fingerprint density at radius 3 is 2.56 bits per heavy atom. The first-order valence-electron chi connectivity index (χ1n) is 11.3. The Balaban J connectivity index is 1.27. The highest BCUT2D eigenvalue weighted by atomic mass is 32.2. The Labute approximate surface area is 191 Å². The van der Waals surface area contributed by atoms with E-state index in [1.807, 2.05) is 19.1 Å². The molecule has 7 heteroatoms. The second-order valence-corrected chi connectivity index (χ2v) is 11.4. The zero-order valence-corrected chi connectivity index (χ0v) is 19.6. The minimum atomic E-state index is -3.24. The first kappa shape index (κ1) is 22.8. The summed E-state index contributed by atoms with van der Waals surface area (Å²) in [4.78, 5) is 2.84. The number of hydrogen-bond donors (Lipinski definition) is 1. The van der Waals surface area contributed by atoms with Gasteiger partial charge in [-0.15, -0.1) is 0 Å². The molecule has 4 rings (SSSR count). The fourth-order valence-corrected chi connectivity index (χ4v) is 6.08. The van der Waals surface area contributed by atoms with Gasteiger partial charge in [-0.05, 0) is 66.8 Å². The zero-order chi connectivity index (χ0) is 22.7. The van der Waals surface area contributed by atoms with E-state index in [4.69, 9.17) is 4.74 Å². The smallest absolute Gasteiger partial charge is 0.183 e. The van der Waals surface area contributed by atoms with E-state index in [9.17, 15) is 13.7 Å². The van der Waals surface area contributed by atoms with E-state index in [0.29, 0.717) is 42.2 Å². The van der Waals surface area contributed by atoms with Gasteiger partial charge in [0, 0.05) is 38.6 Å². The van der Waals surface area contributed by atoms with E-state index in [2.05, 4.69) is 29.3 Å². The van der Waals surface area contributed by atoms with Crippen LogP contribution in [0.4, 0.5) is 0 Å². The average molecular weight is 454 g/mol. The van der Waals surface area contributed by atoms with Crippen molar-refractivity contribution in [2.24, 2.45) is 11.8 Å². The molecule has 2 atom stereocenters. The summed E-state index contributed by atoms with van der Waals surface area (Å²) in [7, 11) is -3.24. The molecule has 2 aromatic carbocycles. The number of likely N-dealkylation sites (tertiary alicyclic amines) is 1. The van der Waals surface area contributed by atoms with Crippen LogP contribution >= 0.6 is 0 Å². The number of benzene rings is 2. The van der Waals surface area contributed by atoms with E-state index < -0.39 is 9.84 Å². The number of ether oxygens (including phenoxy) is 1. The van der Waals surface area contributed by atoms with Crippen molar-refractivity contribution in [1.82, 2.24) is 10.2 Å². The molecule has 170 valence electrons. The Bertz CT molecular complexity index is 1090. The Morgan fingerprint density at radius 1 is 1.16 bits per heavy atom. The van der Waals surface area contributed by atoms with Crippen molar-refractivity contribution in [1.29, 1.82) is 5.26 Å². The molecule has 2 heterocycles. The number of nitriles is 1. The first-order chi connectivity index (χ1) is 15.3. The largest absolute Gasteiger partial charge is 0.493 e. The molecule has 0 aromatic heterocycles. The van der Waals surface area contributed by atoms with Gasteiger partial charge in [0.1, 0.15) is 5.75 Å². The van der Waals surface area contributed by atoms with Gasteiger partial charge < -0.3 is 15.0 Å². The molecule has 0 amide bonds. The summed E-state index contributed by atoms with van der Waals surface area (Å²) in [6.07, 6.45) is 0.934. The lowest BCUT2D eigenvalue weighted by Crippen LogP contribution is -2.51. The minimum Gasteiger partial charge on any atom is -0.493 e. The lowest BCUT2D eigenvalue weighted by atomic mass is 9.99. The van der Waals surface area contributed by atoms with Crippen molar-refractivity contribution in [3.63, 3.8) is 0 Å². The first-order valence-corrected chi connectivity index (χ1v) is 12.8. The molecule has 2 fully saturated rings. The Kier molecular flexibility index (Phi) is 6.85. The Morgan fingerprint density at radius 2 is 1.91 bits per heavy atom. The maximum Gasteiger partial charge on any atom is 0.183 e. The van der Waals surface area contributed by atoms with E-state index >= 15 is 0 Å². The highest BCUT2D eigenvalue weighted by Crippen LogP contribution is 2.26. The predicted molar refractivity (Wildman–Crippen MR) is 124 cm³/mol. The van der Waals surface area contributed by atoms with Crippen LogP contribution in [0.5, 0.6) is 5.75 Å². The molecule has 2 aliphatic heterocycles. The van der Waals surface area contributed by atoms with Gasteiger partial charge in [0.25, 0.3) is 0 Å². The molecule has 32 heavy (non-hydrogen) atoms. The standard InChI is InChI=1S/C25H31N3O3S/c1-18-9-20(11-21(10-18)12-26)7-8-28-15-19(2)22(16-28)17-31-23-3-5-24(6-4-23)32(29,30)25-13-27-14-25/h3-6,9-11,19,22,25,27H,7-8,13-17H2,1-2H3/t19-,22+/m1/s1. The maximum atomic E-state index is 12.5. The van der Waals surface area contributed by atoms with Gasteiger partial charge in [-0.3, -0.25) is 0 Å². The van der Waals surface area contributed by atoms with Crippen LogP contribution in [0.3, 0.4) is 0 Å². The second kappa shape index (κ2) is 9.62. The highest BCUT2D eigenvalue weighted by molar-refractivity contribution is 7.92. The average Bonchev–Trinajstić information content (AvgIpc) is 3.08. The third-order valence-corrected chi connectivity index (χ3v) is 8.77. The molecule has 0 spiro atoms. The third kappa shape index (κ3) is 5.15. The lowest BCUT2D eigenvalue weighted by Gasteiger charge is -2.26. The molecule has 0 saturated carbocycles. The van der Waals surface area contributed by atoms with Crippen LogP contribution in [-0.4, -0.2) is 57.9 Å². The van der Waals surface area contributed by atoms with Gasteiger partial charge in [0.2, 0.25) is 0 Å². The van der Waals surface area contributed by atoms with Crippen molar-refractivity contribution in [2.75, 3.05) is 39.3 Å². The molecular weight excluding hydrogens is 422 g/mol. The molecule has 2 aromatic rings. The van der Waals surface area contributed by atoms with Crippen LogP contribution in [0, 0.1) is 30.1 Å². The maximum absolute atomic E-state index is 12.5. The number of rotatable bonds is 8.